The first-order valence-corrected chi connectivity index (χ1v) is 8.02. The van der Waals surface area contributed by atoms with Gasteiger partial charge in [0.05, 0.1) is 4.90 Å². The minimum Gasteiger partial charge on any atom is -0.211 e. The van der Waals surface area contributed by atoms with Crippen LogP contribution in [0.15, 0.2) is 29.2 Å². The highest BCUT2D eigenvalue weighted by Gasteiger charge is 2.12. The molecule has 0 radical (unpaired) electrons. The highest BCUT2D eigenvalue weighted by atomic mass is 32.2. The summed E-state index contributed by atoms with van der Waals surface area (Å²) in [5.74, 6) is 0.579. The predicted octanol–water partition coefficient (Wildman–Crippen LogP) is 2.96. The van der Waals surface area contributed by atoms with Gasteiger partial charge in [-0.05, 0) is 36.5 Å². The molecule has 0 aliphatic carbocycles. The molecule has 4 heteroatoms. The molecule has 3 nitrogen and oxygen atoms in total. The zero-order chi connectivity index (χ0) is 13.6. The second-order valence-electron chi connectivity index (χ2n) is 4.99. The van der Waals surface area contributed by atoms with Crippen molar-refractivity contribution in [3.05, 3.63) is 29.8 Å². The average Bonchev–Trinajstić information content (AvgIpc) is 2.29. The summed E-state index contributed by atoms with van der Waals surface area (Å²) in [6.07, 6.45) is 2.82. The van der Waals surface area contributed by atoms with Gasteiger partial charge in [0.25, 0.3) is 0 Å². The van der Waals surface area contributed by atoms with Crippen LogP contribution in [-0.2, 0) is 16.4 Å². The Morgan fingerprint density at radius 1 is 1.17 bits per heavy atom. The Balaban J connectivity index is 2.71. The average molecular weight is 269 g/mol. The lowest BCUT2D eigenvalue weighted by atomic mass is 10.0. The van der Waals surface area contributed by atoms with Crippen molar-refractivity contribution in [2.45, 2.75) is 44.9 Å². The first-order chi connectivity index (χ1) is 8.45. The summed E-state index contributed by atoms with van der Waals surface area (Å²) in [6, 6.07) is 7.17. The van der Waals surface area contributed by atoms with Crippen LogP contribution in [0.5, 0.6) is 0 Å². The van der Waals surface area contributed by atoms with E-state index in [9.17, 15) is 8.42 Å². The van der Waals surface area contributed by atoms with E-state index in [0.717, 1.165) is 19.3 Å². The van der Waals surface area contributed by atoms with Gasteiger partial charge in [-0.2, -0.15) is 0 Å². The fourth-order valence-corrected chi connectivity index (χ4v) is 2.82. The van der Waals surface area contributed by atoms with Crippen molar-refractivity contribution in [3.8, 4) is 0 Å². The smallest absolute Gasteiger partial charge is 0.211 e. The Bertz CT molecular complexity index is 449. The Kier molecular flexibility index (Phi) is 5.82. The van der Waals surface area contributed by atoms with Gasteiger partial charge < -0.3 is 0 Å². The molecule has 0 aliphatic heterocycles. The monoisotopic (exact) mass is 269 g/mol. The lowest BCUT2D eigenvalue weighted by Crippen LogP contribution is -2.24. The molecule has 0 atom stereocenters. The van der Waals surface area contributed by atoms with Crippen LogP contribution < -0.4 is 4.72 Å². The lowest BCUT2D eigenvalue weighted by molar-refractivity contribution is 0.578. The Hall–Kier alpha value is -0.870. The predicted molar refractivity (Wildman–Crippen MR) is 75.1 cm³/mol. The molecular formula is C14H23NO2S. The van der Waals surface area contributed by atoms with Gasteiger partial charge in [-0.1, -0.05) is 39.3 Å². The van der Waals surface area contributed by atoms with Crippen LogP contribution in [0, 0.1) is 5.92 Å². The zero-order valence-corrected chi connectivity index (χ0v) is 12.3. The normalized spacial score (nSPS) is 12.0. The van der Waals surface area contributed by atoms with E-state index in [-0.39, 0.29) is 0 Å². The summed E-state index contributed by atoms with van der Waals surface area (Å²) >= 11 is 0. The van der Waals surface area contributed by atoms with Crippen LogP contribution in [0.1, 0.15) is 39.2 Å². The van der Waals surface area contributed by atoms with E-state index in [0.29, 0.717) is 17.4 Å². The standard InChI is InChI=1S/C14H23NO2S/c1-4-5-10-15-18(16,17)14-8-6-13(7-9-14)11-12(2)3/h6-9,12,15H,4-5,10-11H2,1-3H3. The van der Waals surface area contributed by atoms with Gasteiger partial charge in [0, 0.05) is 6.54 Å². The molecule has 0 saturated heterocycles. The molecule has 1 rings (SSSR count). The second kappa shape index (κ2) is 6.90. The van der Waals surface area contributed by atoms with Gasteiger partial charge in [0.15, 0.2) is 0 Å². The highest BCUT2D eigenvalue weighted by molar-refractivity contribution is 7.89. The number of benzene rings is 1. The molecule has 102 valence electrons. The van der Waals surface area contributed by atoms with E-state index in [2.05, 4.69) is 18.6 Å². The third-order valence-electron chi connectivity index (χ3n) is 2.70. The summed E-state index contributed by atoms with van der Waals surface area (Å²) in [6.45, 7) is 6.84. The van der Waals surface area contributed by atoms with Crippen LogP contribution in [0.2, 0.25) is 0 Å². The van der Waals surface area contributed by atoms with E-state index in [1.54, 1.807) is 12.1 Å². The quantitative estimate of drug-likeness (QED) is 0.774. The summed E-state index contributed by atoms with van der Waals surface area (Å²) < 4.78 is 26.5. The molecule has 0 heterocycles. The number of sulfonamides is 1. The summed E-state index contributed by atoms with van der Waals surface area (Å²) in [7, 11) is -3.33. The van der Waals surface area contributed by atoms with Crippen LogP contribution in [0.3, 0.4) is 0 Å². The van der Waals surface area contributed by atoms with Crippen LogP contribution in [0.4, 0.5) is 0 Å². The number of rotatable bonds is 7. The van der Waals surface area contributed by atoms with Gasteiger partial charge in [0.1, 0.15) is 0 Å². The van der Waals surface area contributed by atoms with Crippen molar-refractivity contribution in [1.82, 2.24) is 4.72 Å². The van der Waals surface area contributed by atoms with Crippen molar-refractivity contribution in [2.24, 2.45) is 5.92 Å². The van der Waals surface area contributed by atoms with Crippen LogP contribution >= 0.6 is 0 Å². The molecule has 0 fully saturated rings. The molecule has 0 amide bonds. The Morgan fingerprint density at radius 2 is 1.78 bits per heavy atom. The molecule has 0 aliphatic rings. The third kappa shape index (κ3) is 4.78. The molecule has 0 spiro atoms. The SMILES string of the molecule is CCCCNS(=O)(=O)c1ccc(CC(C)C)cc1. The minimum atomic E-state index is -3.33. The molecule has 1 aromatic carbocycles. The summed E-state index contributed by atoms with van der Waals surface area (Å²) in [5, 5.41) is 0. The topological polar surface area (TPSA) is 46.2 Å². The van der Waals surface area contributed by atoms with Gasteiger partial charge in [-0.3, -0.25) is 0 Å². The maximum atomic E-state index is 11.9. The van der Waals surface area contributed by atoms with E-state index in [4.69, 9.17) is 0 Å². The molecule has 0 bridgehead atoms. The maximum Gasteiger partial charge on any atom is 0.240 e. The zero-order valence-electron chi connectivity index (χ0n) is 11.4. The Labute approximate surface area is 111 Å². The van der Waals surface area contributed by atoms with Crippen molar-refractivity contribution >= 4 is 10.0 Å². The first-order valence-electron chi connectivity index (χ1n) is 6.54. The van der Waals surface area contributed by atoms with Gasteiger partial charge >= 0.3 is 0 Å². The molecule has 1 aromatic rings. The number of hydrogen-bond acceptors (Lipinski definition) is 2. The molecular weight excluding hydrogens is 246 g/mol. The Morgan fingerprint density at radius 3 is 2.28 bits per heavy atom. The highest BCUT2D eigenvalue weighted by Crippen LogP contribution is 2.13. The van der Waals surface area contributed by atoms with E-state index >= 15 is 0 Å². The van der Waals surface area contributed by atoms with E-state index in [1.807, 2.05) is 19.1 Å². The van der Waals surface area contributed by atoms with Gasteiger partial charge in [0.2, 0.25) is 10.0 Å². The molecule has 1 N–H and O–H groups in total. The maximum absolute atomic E-state index is 11.9. The summed E-state index contributed by atoms with van der Waals surface area (Å²) in [4.78, 5) is 0.353. The largest absolute Gasteiger partial charge is 0.240 e. The summed E-state index contributed by atoms with van der Waals surface area (Å²) in [5.41, 5.74) is 1.18. The molecule has 18 heavy (non-hydrogen) atoms. The van der Waals surface area contributed by atoms with E-state index < -0.39 is 10.0 Å². The fourth-order valence-electron chi connectivity index (χ4n) is 1.74. The van der Waals surface area contributed by atoms with Crippen LogP contribution in [-0.4, -0.2) is 15.0 Å². The van der Waals surface area contributed by atoms with Crippen molar-refractivity contribution in [2.75, 3.05) is 6.54 Å². The van der Waals surface area contributed by atoms with Crippen molar-refractivity contribution in [1.29, 1.82) is 0 Å². The van der Waals surface area contributed by atoms with Crippen LogP contribution in [0.25, 0.3) is 0 Å². The first kappa shape index (κ1) is 15.2. The minimum absolute atomic E-state index is 0.353. The molecule has 0 unspecified atom stereocenters. The van der Waals surface area contributed by atoms with Crippen molar-refractivity contribution < 1.29 is 8.42 Å². The molecule has 0 saturated carbocycles. The van der Waals surface area contributed by atoms with E-state index in [1.165, 1.54) is 5.56 Å². The van der Waals surface area contributed by atoms with Crippen molar-refractivity contribution in [3.63, 3.8) is 0 Å². The molecule has 0 aromatic heterocycles. The fraction of sp³-hybridized carbons (Fsp3) is 0.571. The van der Waals surface area contributed by atoms with Gasteiger partial charge in [-0.15, -0.1) is 0 Å². The number of nitrogens with one attached hydrogen (secondary N) is 1. The van der Waals surface area contributed by atoms with Gasteiger partial charge in [-0.25, -0.2) is 13.1 Å². The number of hydrogen-bond donors (Lipinski definition) is 1. The number of unbranched alkanes of at least 4 members (excludes halogenated alkanes) is 1. The second-order valence-corrected chi connectivity index (χ2v) is 6.76. The lowest BCUT2D eigenvalue weighted by Gasteiger charge is -2.08. The third-order valence-corrected chi connectivity index (χ3v) is 4.18.